The molecular weight excluding hydrogens is 464 g/mol. The van der Waals surface area contributed by atoms with Gasteiger partial charge in [-0.05, 0) is 57.0 Å². The van der Waals surface area contributed by atoms with Crippen molar-refractivity contribution in [2.45, 2.75) is 25.8 Å². The molecule has 186 valence electrons. The van der Waals surface area contributed by atoms with Crippen LogP contribution in [0, 0.1) is 16.0 Å². The van der Waals surface area contributed by atoms with Gasteiger partial charge in [0.15, 0.2) is 0 Å². The lowest BCUT2D eigenvalue weighted by Gasteiger charge is -2.44. The number of piperidine rings is 3. The maximum atomic E-state index is 13.3. The fraction of sp³-hybridized carbons (Fsp3) is 0.346. The number of carbonyl (C=O) groups is 3. The summed E-state index contributed by atoms with van der Waals surface area (Å²) in [7, 11) is 0. The van der Waals surface area contributed by atoms with Gasteiger partial charge in [0.1, 0.15) is 0 Å². The Kier molecular flexibility index (Phi) is 6.27. The van der Waals surface area contributed by atoms with Crippen LogP contribution in [0.25, 0.3) is 5.52 Å². The molecule has 1 atom stereocenters. The number of amides is 1. The minimum Gasteiger partial charge on any atom is -0.462 e. The van der Waals surface area contributed by atoms with Gasteiger partial charge >= 0.3 is 5.97 Å². The molecule has 3 fully saturated rings. The number of nitro groups is 1. The Hall–Kier alpha value is -4.05. The van der Waals surface area contributed by atoms with Crippen LogP contribution in [0.1, 0.15) is 56.5 Å². The number of rotatable bonds is 7. The Balaban J connectivity index is 1.50. The van der Waals surface area contributed by atoms with Crippen LogP contribution in [-0.4, -0.2) is 64.2 Å². The lowest BCUT2D eigenvalue weighted by molar-refractivity contribution is -0.384. The Morgan fingerprint density at radius 2 is 1.89 bits per heavy atom. The maximum absolute atomic E-state index is 13.3. The molecule has 2 bridgehead atoms. The molecule has 3 aromatic rings. The first-order valence-electron chi connectivity index (χ1n) is 12.0. The number of hydrogen-bond acceptors (Lipinski definition) is 7. The van der Waals surface area contributed by atoms with Crippen molar-refractivity contribution in [1.82, 2.24) is 14.6 Å². The van der Waals surface area contributed by atoms with E-state index in [0.29, 0.717) is 17.0 Å². The third-order valence-electron chi connectivity index (χ3n) is 7.05. The van der Waals surface area contributed by atoms with Gasteiger partial charge < -0.3 is 19.4 Å². The Morgan fingerprint density at radius 3 is 2.56 bits per heavy atom. The molecule has 1 aromatic carbocycles. The third kappa shape index (κ3) is 4.35. The van der Waals surface area contributed by atoms with Crippen molar-refractivity contribution in [2.24, 2.45) is 5.92 Å². The van der Waals surface area contributed by atoms with E-state index in [1.54, 1.807) is 25.3 Å². The average Bonchev–Trinajstić information content (AvgIpc) is 3.28. The van der Waals surface area contributed by atoms with E-state index in [-0.39, 0.29) is 41.1 Å². The van der Waals surface area contributed by atoms with E-state index in [9.17, 15) is 24.5 Å². The van der Waals surface area contributed by atoms with Gasteiger partial charge in [0, 0.05) is 42.0 Å². The number of aromatic nitrogens is 1. The molecule has 5 heterocycles. The average molecular weight is 491 g/mol. The van der Waals surface area contributed by atoms with Gasteiger partial charge in [-0.15, -0.1) is 0 Å². The van der Waals surface area contributed by atoms with Gasteiger partial charge in [0.25, 0.3) is 11.6 Å². The van der Waals surface area contributed by atoms with Crippen LogP contribution >= 0.6 is 0 Å². The van der Waals surface area contributed by atoms with Crippen LogP contribution in [0.4, 0.5) is 5.69 Å². The standard InChI is InChI=1S/C26H26N4O6/c1-2-36-26(33)20-14-23(24(31)17-4-3-5-19(12-17)30(34)35)29-11-8-18(13-22(20)29)25(32)27-21-15-28-9-6-16(21)7-10-28/h3-5,8,11-14,16,21H,2,6-7,9-10,15H2,1H3,(H,27,32)/t21-/m0/s1. The summed E-state index contributed by atoms with van der Waals surface area (Å²) in [6, 6.07) is 10.1. The largest absolute Gasteiger partial charge is 0.462 e. The second-order valence-electron chi connectivity index (χ2n) is 9.19. The topological polar surface area (TPSA) is 123 Å². The first-order chi connectivity index (χ1) is 17.4. The molecule has 3 aliphatic heterocycles. The number of carbonyl (C=O) groups excluding carboxylic acids is 3. The number of non-ortho nitro benzene ring substituents is 1. The van der Waals surface area contributed by atoms with Crippen LogP contribution in [0.3, 0.4) is 0 Å². The van der Waals surface area contributed by atoms with Crippen molar-refractivity contribution in [2.75, 3.05) is 26.2 Å². The summed E-state index contributed by atoms with van der Waals surface area (Å²) >= 11 is 0. The summed E-state index contributed by atoms with van der Waals surface area (Å²) in [5.41, 5.74) is 0.906. The molecular formula is C26H26N4O6. The van der Waals surface area contributed by atoms with Gasteiger partial charge in [-0.2, -0.15) is 0 Å². The molecule has 0 radical (unpaired) electrons. The maximum Gasteiger partial charge on any atom is 0.340 e. The highest BCUT2D eigenvalue weighted by Crippen LogP contribution is 2.28. The molecule has 36 heavy (non-hydrogen) atoms. The SMILES string of the molecule is CCOC(=O)c1cc(C(=O)c2cccc([N+](=O)[O-])c2)n2ccc(C(=O)N[C@H]3CN4CCC3CC4)cc12. The third-order valence-corrected chi connectivity index (χ3v) is 7.05. The predicted molar refractivity (Wildman–Crippen MR) is 130 cm³/mol. The van der Waals surface area contributed by atoms with E-state index in [0.717, 1.165) is 32.5 Å². The lowest BCUT2D eigenvalue weighted by atomic mass is 9.84. The molecule has 3 aliphatic rings. The van der Waals surface area contributed by atoms with Crippen molar-refractivity contribution in [1.29, 1.82) is 0 Å². The van der Waals surface area contributed by atoms with E-state index in [2.05, 4.69) is 10.2 Å². The monoisotopic (exact) mass is 490 g/mol. The molecule has 0 spiro atoms. The van der Waals surface area contributed by atoms with Gasteiger partial charge in [0.05, 0.1) is 28.3 Å². The van der Waals surface area contributed by atoms with Gasteiger partial charge in [0.2, 0.25) is 5.78 Å². The number of nitrogens with zero attached hydrogens (tertiary/aromatic N) is 3. The quantitative estimate of drug-likeness (QED) is 0.234. The highest BCUT2D eigenvalue weighted by atomic mass is 16.6. The van der Waals surface area contributed by atoms with Crippen LogP contribution in [0.15, 0.2) is 48.7 Å². The van der Waals surface area contributed by atoms with E-state index in [1.807, 2.05) is 0 Å². The molecule has 6 rings (SSSR count). The van der Waals surface area contributed by atoms with Crippen molar-refractivity contribution in [3.8, 4) is 0 Å². The van der Waals surface area contributed by atoms with Gasteiger partial charge in [-0.1, -0.05) is 12.1 Å². The summed E-state index contributed by atoms with van der Waals surface area (Å²) in [4.78, 5) is 52.1. The second kappa shape index (κ2) is 9.54. The van der Waals surface area contributed by atoms with Crippen molar-refractivity contribution in [3.05, 3.63) is 81.2 Å². The first kappa shape index (κ1) is 23.7. The van der Waals surface area contributed by atoms with E-state index < -0.39 is 16.7 Å². The van der Waals surface area contributed by atoms with Crippen LogP contribution < -0.4 is 5.32 Å². The normalized spacial score (nSPS) is 20.8. The van der Waals surface area contributed by atoms with Crippen LogP contribution in [-0.2, 0) is 4.74 Å². The number of nitro benzene ring substituents is 1. The zero-order valence-electron chi connectivity index (χ0n) is 19.8. The van der Waals surface area contributed by atoms with Crippen molar-refractivity contribution < 1.29 is 24.0 Å². The van der Waals surface area contributed by atoms with Crippen LogP contribution in [0.5, 0.6) is 0 Å². The first-order valence-corrected chi connectivity index (χ1v) is 12.0. The molecule has 10 heteroatoms. The Morgan fingerprint density at radius 1 is 1.11 bits per heavy atom. The van der Waals surface area contributed by atoms with Gasteiger partial charge in [-0.25, -0.2) is 4.79 Å². The van der Waals surface area contributed by atoms with Gasteiger partial charge in [-0.3, -0.25) is 19.7 Å². The molecule has 2 aromatic heterocycles. The number of ketones is 1. The van der Waals surface area contributed by atoms with Crippen molar-refractivity contribution >= 4 is 28.9 Å². The highest BCUT2D eigenvalue weighted by Gasteiger charge is 2.35. The van der Waals surface area contributed by atoms with E-state index >= 15 is 0 Å². The van der Waals surface area contributed by atoms with Crippen LogP contribution in [0.2, 0.25) is 0 Å². The molecule has 0 saturated carbocycles. The lowest BCUT2D eigenvalue weighted by Crippen LogP contribution is -2.57. The van der Waals surface area contributed by atoms with E-state index in [4.69, 9.17) is 4.74 Å². The highest BCUT2D eigenvalue weighted by molar-refractivity contribution is 6.12. The minimum atomic E-state index is -0.622. The molecule has 10 nitrogen and oxygen atoms in total. The summed E-state index contributed by atoms with van der Waals surface area (Å²) in [6.07, 6.45) is 3.70. The minimum absolute atomic E-state index is 0.0820. The zero-order chi connectivity index (χ0) is 25.4. The fourth-order valence-electron chi connectivity index (χ4n) is 5.18. The molecule has 0 unspecified atom stereocenters. The number of pyridine rings is 1. The Labute approximate surface area is 207 Å². The number of benzene rings is 1. The zero-order valence-corrected chi connectivity index (χ0v) is 19.8. The molecule has 3 saturated heterocycles. The Bertz CT molecular complexity index is 1370. The van der Waals surface area contributed by atoms with Crippen molar-refractivity contribution in [3.63, 3.8) is 0 Å². The predicted octanol–water partition coefficient (Wildman–Crippen LogP) is 3.08. The number of fused-ring (bicyclic) bond motifs is 4. The number of ether oxygens (including phenoxy) is 1. The summed E-state index contributed by atoms with van der Waals surface area (Å²) in [5, 5.41) is 14.3. The second-order valence-corrected chi connectivity index (χ2v) is 9.19. The molecule has 1 N–H and O–H groups in total. The number of esters is 1. The summed E-state index contributed by atoms with van der Waals surface area (Å²) in [5.74, 6) is -0.888. The van der Waals surface area contributed by atoms with E-state index in [1.165, 1.54) is 34.7 Å². The smallest absolute Gasteiger partial charge is 0.340 e. The summed E-state index contributed by atoms with van der Waals surface area (Å²) in [6.45, 7) is 4.79. The number of hydrogen-bond donors (Lipinski definition) is 1. The fourth-order valence-corrected chi connectivity index (χ4v) is 5.18. The molecule has 0 aliphatic carbocycles. The number of nitrogens with one attached hydrogen (secondary N) is 1. The molecule has 1 amide bonds. The summed E-state index contributed by atoms with van der Waals surface area (Å²) < 4.78 is 6.69.